The van der Waals surface area contributed by atoms with E-state index >= 15 is 0 Å². The van der Waals surface area contributed by atoms with Crippen molar-refractivity contribution in [2.45, 2.75) is 52.4 Å². The van der Waals surface area contributed by atoms with Crippen LogP contribution >= 0.6 is 0 Å². The summed E-state index contributed by atoms with van der Waals surface area (Å²) >= 11 is 0. The Morgan fingerprint density at radius 3 is 0.903 bits per heavy atom. The minimum Gasteiger partial charge on any atom is -0.321 e. The Kier molecular flexibility index (Phi) is 15.3. The summed E-state index contributed by atoms with van der Waals surface area (Å²) < 4.78 is 121. The first-order valence-corrected chi connectivity index (χ1v) is 37.5. The third-order valence-corrected chi connectivity index (χ3v) is 22.0. The van der Waals surface area contributed by atoms with Crippen LogP contribution in [0.1, 0.15) is 56.4 Å². The zero-order chi connectivity index (χ0) is 64.6. The van der Waals surface area contributed by atoms with E-state index in [0.717, 1.165) is 67.2 Å². The summed E-state index contributed by atoms with van der Waals surface area (Å²) in [4.78, 5) is 12.2. The maximum atomic E-state index is 13.5. The van der Waals surface area contributed by atoms with Crippen LogP contribution in [-0.4, -0.2) is 79.3 Å². The van der Waals surface area contributed by atoms with Gasteiger partial charge >= 0.3 is 0 Å². The molecule has 6 aromatic heterocycles. The molecule has 14 rings (SSSR count). The lowest BCUT2D eigenvalue weighted by Crippen LogP contribution is -2.44. The van der Waals surface area contributed by atoms with Crippen LogP contribution in [0.4, 0.5) is 0 Å². The van der Waals surface area contributed by atoms with E-state index in [0.29, 0.717) is 45.1 Å². The van der Waals surface area contributed by atoms with Gasteiger partial charge in [0.05, 0.1) is 86.8 Å². The van der Waals surface area contributed by atoms with Gasteiger partial charge in [-0.25, -0.2) is 43.7 Å². The molecule has 0 aliphatic carbocycles. The number of benzene rings is 4. The van der Waals surface area contributed by atoms with Gasteiger partial charge in [-0.3, -0.25) is 0 Å². The fourth-order valence-electron chi connectivity index (χ4n) is 13.2. The number of sulfone groups is 4. The Hall–Kier alpha value is -10.1. The van der Waals surface area contributed by atoms with Crippen molar-refractivity contribution in [2.75, 3.05) is 25.0 Å². The first kappa shape index (κ1) is 60.4. The lowest BCUT2D eigenvalue weighted by Gasteiger charge is -2.21. The van der Waals surface area contributed by atoms with Gasteiger partial charge in [-0.15, -0.1) is 0 Å². The van der Waals surface area contributed by atoms with Crippen molar-refractivity contribution in [3.63, 3.8) is 0 Å². The van der Waals surface area contributed by atoms with Crippen LogP contribution in [0.15, 0.2) is 284 Å². The van der Waals surface area contributed by atoms with Gasteiger partial charge in [-0.1, -0.05) is 72.8 Å². The normalized spacial score (nSPS) is 14.6. The van der Waals surface area contributed by atoms with Gasteiger partial charge in [0.15, 0.2) is 90.3 Å². The molecule has 0 spiro atoms. The van der Waals surface area contributed by atoms with Crippen molar-refractivity contribution in [3.8, 4) is 0 Å². The van der Waals surface area contributed by atoms with Crippen LogP contribution in [0.2, 0.25) is 0 Å². The van der Waals surface area contributed by atoms with Gasteiger partial charge in [-0.2, -0.15) is 18.3 Å². The summed E-state index contributed by atoms with van der Waals surface area (Å²) in [7, 11) is -14.7. The average molecular weight is 1310 g/mol. The van der Waals surface area contributed by atoms with Crippen LogP contribution in [-0.2, 0) is 72.2 Å². The molecular weight excluding hydrogens is 1250 g/mol. The zero-order valence-electron chi connectivity index (χ0n) is 51.1. The van der Waals surface area contributed by atoms with Crippen molar-refractivity contribution in [1.29, 1.82) is 0 Å². The molecule has 0 saturated heterocycles. The van der Waals surface area contributed by atoms with Crippen molar-refractivity contribution < 1.29 is 51.9 Å². The molecule has 0 atom stereocenters. The van der Waals surface area contributed by atoms with Crippen LogP contribution in [0.25, 0.3) is 22.3 Å². The van der Waals surface area contributed by atoms with Crippen molar-refractivity contribution in [3.05, 3.63) is 322 Å². The van der Waals surface area contributed by atoms with Crippen LogP contribution < -0.4 is 29.0 Å². The summed E-state index contributed by atoms with van der Waals surface area (Å²) in [5.74, 6) is 0. The van der Waals surface area contributed by atoms with E-state index in [4.69, 9.17) is 9.98 Å². The first-order chi connectivity index (χ1) is 44.7. The highest BCUT2D eigenvalue weighted by molar-refractivity contribution is 7.91. The highest BCUT2D eigenvalue weighted by Crippen LogP contribution is 2.38. The minimum absolute atomic E-state index is 0.136. The fourth-order valence-corrected chi connectivity index (χ4v) is 16.9. The Labute approximate surface area is 539 Å². The highest BCUT2D eigenvalue weighted by Gasteiger charge is 2.37. The number of allylic oxidation sites excluding steroid dienone is 4. The molecule has 6 bridgehead atoms. The number of nitrogens with zero attached hydrogens (tertiary/aromatic N) is 8. The number of hydrogen-bond donors (Lipinski definition) is 0. The monoisotopic (exact) mass is 1310 g/mol. The standard InChI is InChI=1S/C73H62N8O8S4/c1-90(82,83)66-29-9-5-21-50(66)45-76-41-17-13-25-58(76)70-54-33-34-55(74-54)71(59-26-14-18-42-77(59)46-51-22-6-10-30-67(51)91(2,84)85)64-39-40-65-73(61-28-16-20-44-79(61)48-53-24-8-12-32-69(53)93(4,88)89)57-36-35-56(75-57)72(63-38-37-62(70)80(63)49-81(64)65)60-27-15-19-43-78(60)47-52-23-7-11-31-68(52)92(3,86)87/h5-44H,45-49H2,1-4H3/q+4. The zero-order valence-corrected chi connectivity index (χ0v) is 54.4. The number of aliphatic imine (C=N–C) groups is 2. The first-order valence-electron chi connectivity index (χ1n) is 29.9. The molecule has 4 aliphatic heterocycles. The van der Waals surface area contributed by atoms with Crippen LogP contribution in [0, 0.1) is 0 Å². The molecule has 0 saturated carbocycles. The van der Waals surface area contributed by atoms with Crippen LogP contribution in [0.5, 0.6) is 0 Å². The molecule has 0 radical (unpaired) electrons. The second-order valence-corrected chi connectivity index (χ2v) is 31.4. The summed E-state index contributed by atoms with van der Waals surface area (Å²) in [5, 5.41) is 1.49. The van der Waals surface area contributed by atoms with E-state index in [1.54, 1.807) is 48.5 Å². The largest absolute Gasteiger partial charge is 0.321 e. The van der Waals surface area contributed by atoms with E-state index in [2.05, 4.69) is 33.4 Å². The van der Waals surface area contributed by atoms with E-state index < -0.39 is 39.3 Å². The maximum Gasteiger partial charge on any atom is 0.217 e. The molecule has 0 unspecified atom stereocenters. The molecule has 462 valence electrons. The number of hydrogen-bond acceptors (Lipinski definition) is 10. The molecule has 10 aromatic rings. The summed E-state index contributed by atoms with van der Waals surface area (Å²) in [6.45, 7) is 0.830. The molecule has 93 heavy (non-hydrogen) atoms. The van der Waals surface area contributed by atoms with Gasteiger partial charge in [0, 0.05) is 95.8 Å². The fraction of sp³-hybridized carbons (Fsp3) is 0.123. The smallest absolute Gasteiger partial charge is 0.217 e. The van der Waals surface area contributed by atoms with Crippen molar-refractivity contribution in [2.24, 2.45) is 9.98 Å². The lowest BCUT2D eigenvalue weighted by atomic mass is 10.0. The molecule has 20 heteroatoms. The van der Waals surface area contributed by atoms with Crippen molar-refractivity contribution in [1.82, 2.24) is 9.13 Å². The van der Waals surface area contributed by atoms with Crippen molar-refractivity contribution >= 4 is 73.1 Å². The van der Waals surface area contributed by atoms with Gasteiger partial charge in [-0.05, 0) is 97.1 Å². The Bertz CT molecular complexity index is 5330. The van der Waals surface area contributed by atoms with E-state index in [1.165, 1.54) is 25.0 Å². The van der Waals surface area contributed by atoms with Crippen LogP contribution in [0.3, 0.4) is 0 Å². The quantitative estimate of drug-likeness (QED) is 0.0955. The lowest BCUT2D eigenvalue weighted by molar-refractivity contribution is -0.690. The van der Waals surface area contributed by atoms with Gasteiger partial charge in [0.25, 0.3) is 0 Å². The second-order valence-electron chi connectivity index (χ2n) is 23.5. The Morgan fingerprint density at radius 1 is 0.323 bits per heavy atom. The number of rotatable bonds is 16. The Balaban J connectivity index is 1.12. The predicted octanol–water partition coefficient (Wildman–Crippen LogP) is 6.72. The molecule has 4 aromatic carbocycles. The highest BCUT2D eigenvalue weighted by atomic mass is 32.2. The average Bonchev–Trinajstić information content (AvgIpc) is 1.59. The van der Waals surface area contributed by atoms with Gasteiger partial charge in [0.1, 0.15) is 6.67 Å². The third kappa shape index (κ3) is 11.4. The van der Waals surface area contributed by atoms with Gasteiger partial charge < -0.3 is 9.13 Å². The predicted molar refractivity (Wildman–Crippen MR) is 355 cm³/mol. The molecule has 10 heterocycles. The third-order valence-electron chi connectivity index (χ3n) is 17.2. The second kappa shape index (κ2) is 23.5. The summed E-state index contributed by atoms with van der Waals surface area (Å²) in [6.07, 6.45) is 20.6. The van der Waals surface area contributed by atoms with Gasteiger partial charge in [0.2, 0.25) is 22.8 Å². The SMILES string of the molecule is CS(=O)(=O)c1ccccc1C[n+]1ccccc1C1=C2C=CC(=N2)C(c2cccc[n+]2Cc2ccccc2S(C)(=O)=O)=c2ccc3n2Cn2c1ccc2C(c1cccc[n+]1Cc1ccccc1S(C)(=O)=O)=C1C=CC(=N1)C=3c1cccc[n+]1Cc1ccccc1S(C)(=O)=O. The van der Waals surface area contributed by atoms with E-state index in [1.807, 2.05) is 189 Å². The van der Waals surface area contributed by atoms with E-state index in [9.17, 15) is 33.7 Å². The summed E-state index contributed by atoms with van der Waals surface area (Å²) in [5.41, 5.74) is 12.1. The number of fused-ring (bicyclic) bond motifs is 2. The number of aromatic nitrogens is 6. The maximum absolute atomic E-state index is 13.5. The molecule has 16 nitrogen and oxygen atoms in total. The molecule has 0 amide bonds. The van der Waals surface area contributed by atoms with E-state index in [-0.39, 0.29) is 52.4 Å². The minimum atomic E-state index is -3.66. The molecule has 4 aliphatic rings. The topological polar surface area (TPSA) is 187 Å². The Morgan fingerprint density at radius 2 is 0.602 bits per heavy atom. The summed E-state index contributed by atoms with van der Waals surface area (Å²) in [6, 6.07) is 60.0. The molecule has 0 fully saturated rings. The molecular formula is C73H62N8O8S4+4. The molecule has 0 N–H and O–H groups in total. The number of pyridine rings is 4.